The van der Waals surface area contributed by atoms with Crippen molar-refractivity contribution < 1.29 is 18.7 Å². The number of nitrogens with one attached hydrogen (secondary N) is 1. The van der Waals surface area contributed by atoms with E-state index in [0.717, 1.165) is 11.1 Å². The molecule has 0 aliphatic rings. The number of hydrogen-bond donors (Lipinski definition) is 1. The van der Waals surface area contributed by atoms with Gasteiger partial charge in [0.15, 0.2) is 0 Å². The van der Waals surface area contributed by atoms with Crippen molar-refractivity contribution in [3.8, 4) is 5.88 Å². The lowest BCUT2D eigenvalue weighted by Crippen LogP contribution is -2.15. The monoisotopic (exact) mass is 276 g/mol. The lowest BCUT2D eigenvalue weighted by atomic mass is 10.2. The second-order valence-corrected chi connectivity index (χ2v) is 4.08. The summed E-state index contributed by atoms with van der Waals surface area (Å²) in [6.07, 6.45) is 3.16. The molecule has 0 radical (unpaired) electrons. The molecule has 2 aromatic rings. The average Bonchev–Trinajstić information content (AvgIpc) is 2.95. The molecule has 0 fully saturated rings. The number of esters is 1. The molecule has 0 unspecified atom stereocenters. The van der Waals surface area contributed by atoms with Crippen molar-refractivity contribution in [3.05, 3.63) is 47.5 Å². The molecule has 0 spiro atoms. The van der Waals surface area contributed by atoms with Gasteiger partial charge in [-0.1, -0.05) is 0 Å². The Balaban J connectivity index is 1.93. The van der Waals surface area contributed by atoms with Crippen LogP contribution < -0.4 is 10.1 Å². The highest BCUT2D eigenvalue weighted by Crippen LogP contribution is 2.12. The van der Waals surface area contributed by atoms with Crippen molar-refractivity contribution in [1.29, 1.82) is 0 Å². The number of nitrogens with zero attached hydrogens (tertiary/aromatic N) is 1. The number of pyridine rings is 1. The molecule has 6 nitrogen and oxygen atoms in total. The molecule has 6 heteroatoms. The first kappa shape index (κ1) is 14.1. The van der Waals surface area contributed by atoms with E-state index in [1.54, 1.807) is 19.4 Å². The molecule has 20 heavy (non-hydrogen) atoms. The summed E-state index contributed by atoms with van der Waals surface area (Å²) in [6.45, 7) is 1.14. The number of rotatable bonds is 6. The first-order chi connectivity index (χ1) is 9.74. The summed E-state index contributed by atoms with van der Waals surface area (Å²) >= 11 is 0. The topological polar surface area (TPSA) is 73.6 Å². The van der Waals surface area contributed by atoms with Gasteiger partial charge in [0, 0.05) is 30.9 Å². The first-order valence-corrected chi connectivity index (χ1v) is 6.09. The molecule has 0 saturated carbocycles. The maximum absolute atomic E-state index is 11.4. The maximum Gasteiger partial charge on any atom is 0.374 e. The normalized spacial score (nSPS) is 10.3. The second kappa shape index (κ2) is 6.72. The quantitative estimate of drug-likeness (QED) is 0.810. The molecule has 2 heterocycles. The largest absolute Gasteiger partial charge is 0.481 e. The highest BCUT2D eigenvalue weighted by Gasteiger charge is 2.15. The number of methoxy groups -OCH3 is 2. The molecule has 0 amide bonds. The minimum atomic E-state index is -0.475. The summed E-state index contributed by atoms with van der Waals surface area (Å²) in [5.41, 5.74) is 1.80. The average molecular weight is 276 g/mol. The predicted molar refractivity (Wildman–Crippen MR) is 71.4 cm³/mol. The Hall–Kier alpha value is -2.34. The van der Waals surface area contributed by atoms with Gasteiger partial charge in [0.05, 0.1) is 20.5 Å². The van der Waals surface area contributed by atoms with Crippen molar-refractivity contribution in [2.24, 2.45) is 0 Å². The smallest absolute Gasteiger partial charge is 0.374 e. The number of carbonyl (C=O) groups excluding carboxylic acids is 1. The summed E-state index contributed by atoms with van der Waals surface area (Å²) in [6, 6.07) is 5.49. The molecule has 0 aliphatic carbocycles. The summed E-state index contributed by atoms with van der Waals surface area (Å²) in [5, 5.41) is 3.22. The summed E-state index contributed by atoms with van der Waals surface area (Å²) in [4.78, 5) is 15.5. The van der Waals surface area contributed by atoms with Crippen molar-refractivity contribution in [2.45, 2.75) is 13.1 Å². The van der Waals surface area contributed by atoms with Crippen LogP contribution in [0.3, 0.4) is 0 Å². The zero-order valence-electron chi connectivity index (χ0n) is 11.4. The van der Waals surface area contributed by atoms with Crippen molar-refractivity contribution in [3.63, 3.8) is 0 Å². The predicted octanol–water partition coefficient (Wildman–Crippen LogP) is 1.76. The molecule has 2 aromatic heterocycles. The molecular formula is C14H16N2O4. The molecule has 0 atom stereocenters. The molecule has 0 aliphatic heterocycles. The van der Waals surface area contributed by atoms with Crippen LogP contribution in [0.15, 0.2) is 35.1 Å². The lowest BCUT2D eigenvalue weighted by Gasteiger charge is -2.06. The van der Waals surface area contributed by atoms with Gasteiger partial charge < -0.3 is 19.2 Å². The van der Waals surface area contributed by atoms with Crippen LogP contribution in [-0.2, 0) is 17.8 Å². The zero-order valence-corrected chi connectivity index (χ0v) is 11.4. The second-order valence-electron chi connectivity index (χ2n) is 4.08. The van der Waals surface area contributed by atoms with Gasteiger partial charge in [-0.2, -0.15) is 0 Å². The van der Waals surface area contributed by atoms with Gasteiger partial charge in [0.1, 0.15) is 0 Å². The third-order valence-corrected chi connectivity index (χ3v) is 2.77. The lowest BCUT2D eigenvalue weighted by molar-refractivity contribution is 0.0563. The van der Waals surface area contributed by atoms with Crippen molar-refractivity contribution in [2.75, 3.05) is 14.2 Å². The van der Waals surface area contributed by atoms with Gasteiger partial charge in [-0.25, -0.2) is 9.78 Å². The summed E-state index contributed by atoms with van der Waals surface area (Å²) in [7, 11) is 2.90. The van der Waals surface area contributed by atoms with E-state index in [9.17, 15) is 4.79 Å². The van der Waals surface area contributed by atoms with Crippen LogP contribution in [0.1, 0.15) is 21.7 Å². The molecule has 0 aromatic carbocycles. The van der Waals surface area contributed by atoms with E-state index in [-0.39, 0.29) is 5.76 Å². The molecule has 106 valence electrons. The Morgan fingerprint density at radius 1 is 1.35 bits per heavy atom. The number of carbonyl (C=O) groups is 1. The molecule has 1 N–H and O–H groups in total. The Labute approximate surface area is 116 Å². The van der Waals surface area contributed by atoms with E-state index in [2.05, 4.69) is 15.0 Å². The Bertz CT molecular complexity index is 580. The van der Waals surface area contributed by atoms with E-state index in [4.69, 9.17) is 9.15 Å². The standard InChI is InChI=1S/C14H16N2O4/c1-18-12-7-10(3-5-16-12)8-15-9-11-4-6-20-13(11)14(17)19-2/h3-7,15H,8-9H2,1-2H3. The third-order valence-electron chi connectivity index (χ3n) is 2.77. The van der Waals surface area contributed by atoms with E-state index >= 15 is 0 Å². The minimum absolute atomic E-state index is 0.229. The number of hydrogen-bond acceptors (Lipinski definition) is 6. The molecule has 2 rings (SSSR count). The third kappa shape index (κ3) is 3.36. The molecular weight excluding hydrogens is 260 g/mol. The van der Waals surface area contributed by atoms with Crippen molar-refractivity contribution in [1.82, 2.24) is 10.3 Å². The fourth-order valence-corrected chi connectivity index (χ4v) is 1.76. The van der Waals surface area contributed by atoms with Crippen LogP contribution in [0.4, 0.5) is 0 Å². The van der Waals surface area contributed by atoms with Crippen LogP contribution in [-0.4, -0.2) is 25.2 Å². The van der Waals surface area contributed by atoms with Gasteiger partial charge in [0.25, 0.3) is 0 Å². The maximum atomic E-state index is 11.4. The minimum Gasteiger partial charge on any atom is -0.481 e. The number of aromatic nitrogens is 1. The molecule has 0 saturated heterocycles. The van der Waals surface area contributed by atoms with E-state index in [1.165, 1.54) is 13.4 Å². The van der Waals surface area contributed by atoms with Gasteiger partial charge in [-0.3, -0.25) is 0 Å². The SMILES string of the molecule is COC(=O)c1occc1CNCc1ccnc(OC)c1. The van der Waals surface area contributed by atoms with Crippen molar-refractivity contribution >= 4 is 5.97 Å². The van der Waals surface area contributed by atoms with Gasteiger partial charge in [-0.15, -0.1) is 0 Å². The van der Waals surface area contributed by atoms with E-state index in [1.807, 2.05) is 12.1 Å². The Kier molecular flexibility index (Phi) is 4.73. The fourth-order valence-electron chi connectivity index (χ4n) is 1.76. The van der Waals surface area contributed by atoms with Crippen LogP contribution >= 0.6 is 0 Å². The Morgan fingerprint density at radius 3 is 2.95 bits per heavy atom. The highest BCUT2D eigenvalue weighted by atomic mass is 16.5. The van der Waals surface area contributed by atoms with Crippen LogP contribution in [0.25, 0.3) is 0 Å². The first-order valence-electron chi connectivity index (χ1n) is 6.09. The van der Waals surface area contributed by atoms with E-state index in [0.29, 0.717) is 19.0 Å². The van der Waals surface area contributed by atoms with Gasteiger partial charge >= 0.3 is 5.97 Å². The summed E-state index contributed by atoms with van der Waals surface area (Å²) in [5.74, 6) is 0.326. The van der Waals surface area contributed by atoms with Gasteiger partial charge in [0.2, 0.25) is 11.6 Å². The van der Waals surface area contributed by atoms with Crippen LogP contribution in [0, 0.1) is 0 Å². The molecule has 0 bridgehead atoms. The van der Waals surface area contributed by atoms with E-state index < -0.39 is 5.97 Å². The number of furan rings is 1. The van der Waals surface area contributed by atoms with Crippen LogP contribution in [0.5, 0.6) is 5.88 Å². The number of ether oxygens (including phenoxy) is 2. The van der Waals surface area contributed by atoms with Gasteiger partial charge in [-0.05, 0) is 17.7 Å². The summed E-state index contributed by atoms with van der Waals surface area (Å²) < 4.78 is 14.8. The zero-order chi connectivity index (χ0) is 14.4. The Morgan fingerprint density at radius 2 is 2.20 bits per heavy atom. The van der Waals surface area contributed by atoms with Crippen LogP contribution in [0.2, 0.25) is 0 Å². The highest BCUT2D eigenvalue weighted by molar-refractivity contribution is 5.87. The fraction of sp³-hybridized carbons (Fsp3) is 0.286.